The fraction of sp³-hybridized carbons (Fsp3) is 0.462. The Morgan fingerprint density at radius 3 is 2.35 bits per heavy atom. The van der Waals surface area contributed by atoms with E-state index < -0.39 is 11.6 Å². The van der Waals surface area contributed by atoms with Crippen molar-refractivity contribution in [2.45, 2.75) is 38.8 Å². The van der Waals surface area contributed by atoms with Gasteiger partial charge in [-0.25, -0.2) is 0 Å². The number of nitrogens with two attached hydrogens (primary N) is 1. The highest BCUT2D eigenvalue weighted by molar-refractivity contribution is 14.1. The molecular weight excluding hydrogens is 329 g/mol. The second kappa shape index (κ2) is 5.82. The predicted octanol–water partition coefficient (Wildman–Crippen LogP) is 2.50. The molecule has 1 rings (SSSR count). The molecule has 1 atom stereocenters. The molecule has 17 heavy (non-hydrogen) atoms. The summed E-state index contributed by atoms with van der Waals surface area (Å²) in [5, 5.41) is 0. The van der Waals surface area contributed by atoms with Gasteiger partial charge in [-0.05, 0) is 67.5 Å². The van der Waals surface area contributed by atoms with Gasteiger partial charge in [0.2, 0.25) is 0 Å². The Kier molecular flexibility index (Phi) is 4.94. The van der Waals surface area contributed by atoms with Crippen LogP contribution in [0.4, 0.5) is 0 Å². The Labute approximate surface area is 116 Å². The van der Waals surface area contributed by atoms with Crippen molar-refractivity contribution in [3.63, 3.8) is 0 Å². The van der Waals surface area contributed by atoms with Gasteiger partial charge in [0.05, 0.1) is 0 Å². The lowest BCUT2D eigenvalue weighted by Gasteiger charge is -2.22. The van der Waals surface area contributed by atoms with E-state index in [0.29, 0.717) is 6.42 Å². The largest absolute Gasteiger partial charge is 0.459 e. The molecule has 0 heterocycles. The molecule has 0 bridgehead atoms. The number of hydrogen-bond donors (Lipinski definition) is 1. The third kappa shape index (κ3) is 5.50. The molecule has 0 amide bonds. The van der Waals surface area contributed by atoms with Crippen molar-refractivity contribution in [3.05, 3.63) is 33.4 Å². The second-order valence-corrected chi connectivity index (χ2v) is 6.22. The van der Waals surface area contributed by atoms with Crippen molar-refractivity contribution in [2.24, 2.45) is 5.73 Å². The number of benzene rings is 1. The normalized spacial score (nSPS) is 13.2. The maximum Gasteiger partial charge on any atom is 0.323 e. The Morgan fingerprint density at radius 2 is 1.88 bits per heavy atom. The third-order valence-corrected chi connectivity index (χ3v) is 2.80. The molecule has 0 aliphatic heterocycles. The van der Waals surface area contributed by atoms with E-state index in [9.17, 15) is 4.79 Å². The van der Waals surface area contributed by atoms with Gasteiger partial charge in [-0.1, -0.05) is 12.1 Å². The first kappa shape index (κ1) is 14.4. The molecule has 0 saturated carbocycles. The summed E-state index contributed by atoms with van der Waals surface area (Å²) >= 11 is 2.24. The minimum Gasteiger partial charge on any atom is -0.459 e. The lowest BCUT2D eigenvalue weighted by Crippen LogP contribution is -2.38. The predicted molar refractivity (Wildman–Crippen MR) is 76.7 cm³/mol. The topological polar surface area (TPSA) is 52.3 Å². The van der Waals surface area contributed by atoms with Crippen molar-refractivity contribution in [3.8, 4) is 0 Å². The molecule has 2 N–H and O–H groups in total. The van der Waals surface area contributed by atoms with Gasteiger partial charge in [-0.2, -0.15) is 0 Å². The van der Waals surface area contributed by atoms with Crippen LogP contribution in [0.5, 0.6) is 0 Å². The second-order valence-electron chi connectivity index (χ2n) is 4.97. The number of ether oxygens (including phenoxy) is 1. The number of halogens is 1. The molecule has 1 aromatic carbocycles. The lowest BCUT2D eigenvalue weighted by atomic mass is 10.1. The van der Waals surface area contributed by atoms with Gasteiger partial charge in [-0.3, -0.25) is 4.79 Å². The molecular formula is C13H18INO2. The molecule has 0 aliphatic rings. The first-order chi connectivity index (χ1) is 7.78. The van der Waals surface area contributed by atoms with Gasteiger partial charge in [0.15, 0.2) is 0 Å². The van der Waals surface area contributed by atoms with Crippen molar-refractivity contribution >= 4 is 28.6 Å². The summed E-state index contributed by atoms with van der Waals surface area (Å²) in [6.07, 6.45) is 0.506. The maximum absolute atomic E-state index is 11.7. The zero-order valence-corrected chi connectivity index (χ0v) is 12.5. The van der Waals surface area contributed by atoms with E-state index in [-0.39, 0.29) is 5.97 Å². The van der Waals surface area contributed by atoms with Gasteiger partial charge < -0.3 is 10.5 Å². The van der Waals surface area contributed by atoms with E-state index >= 15 is 0 Å². The molecule has 0 fully saturated rings. The van der Waals surface area contributed by atoms with Gasteiger partial charge in [0, 0.05) is 3.57 Å². The lowest BCUT2D eigenvalue weighted by molar-refractivity contribution is -0.156. The monoisotopic (exact) mass is 347 g/mol. The summed E-state index contributed by atoms with van der Waals surface area (Å²) in [7, 11) is 0. The molecule has 3 nitrogen and oxygen atoms in total. The molecule has 0 radical (unpaired) electrons. The molecule has 0 aliphatic carbocycles. The van der Waals surface area contributed by atoms with Crippen LogP contribution in [0.25, 0.3) is 0 Å². The fourth-order valence-corrected chi connectivity index (χ4v) is 1.69. The molecule has 94 valence electrons. The number of esters is 1. The maximum atomic E-state index is 11.7. The summed E-state index contributed by atoms with van der Waals surface area (Å²) in [5.74, 6) is -0.351. The summed E-state index contributed by atoms with van der Waals surface area (Å²) in [4.78, 5) is 11.7. The average Bonchev–Trinajstić information content (AvgIpc) is 2.19. The number of carbonyl (C=O) groups is 1. The van der Waals surface area contributed by atoms with Crippen molar-refractivity contribution in [1.82, 2.24) is 0 Å². The number of rotatable bonds is 3. The van der Waals surface area contributed by atoms with E-state index in [4.69, 9.17) is 10.5 Å². The van der Waals surface area contributed by atoms with E-state index in [1.807, 2.05) is 45.0 Å². The molecule has 0 saturated heterocycles. The van der Waals surface area contributed by atoms with E-state index in [2.05, 4.69) is 22.6 Å². The van der Waals surface area contributed by atoms with Crippen LogP contribution in [-0.4, -0.2) is 17.6 Å². The average molecular weight is 347 g/mol. The molecule has 4 heteroatoms. The van der Waals surface area contributed by atoms with Gasteiger partial charge in [-0.15, -0.1) is 0 Å². The third-order valence-electron chi connectivity index (χ3n) is 2.08. The van der Waals surface area contributed by atoms with Crippen LogP contribution >= 0.6 is 22.6 Å². The first-order valence-corrected chi connectivity index (χ1v) is 6.59. The highest BCUT2D eigenvalue weighted by atomic mass is 127. The van der Waals surface area contributed by atoms with E-state index in [1.165, 1.54) is 0 Å². The van der Waals surface area contributed by atoms with Crippen molar-refractivity contribution < 1.29 is 9.53 Å². The van der Waals surface area contributed by atoms with Gasteiger partial charge in [0.1, 0.15) is 11.6 Å². The summed E-state index contributed by atoms with van der Waals surface area (Å²) in [6.45, 7) is 5.51. The Morgan fingerprint density at radius 1 is 1.35 bits per heavy atom. The van der Waals surface area contributed by atoms with Gasteiger partial charge in [0.25, 0.3) is 0 Å². The Hall–Kier alpha value is -0.620. The van der Waals surface area contributed by atoms with Crippen molar-refractivity contribution in [2.75, 3.05) is 0 Å². The van der Waals surface area contributed by atoms with Crippen LogP contribution in [-0.2, 0) is 16.0 Å². The summed E-state index contributed by atoms with van der Waals surface area (Å²) in [6, 6.07) is 7.35. The van der Waals surface area contributed by atoms with Gasteiger partial charge >= 0.3 is 5.97 Å². The van der Waals surface area contributed by atoms with Crippen LogP contribution in [0.3, 0.4) is 0 Å². The standard InChI is InChI=1S/C13H18INO2/c1-13(2,3)17-12(16)11(15)8-9-4-6-10(14)7-5-9/h4-7,11H,8,15H2,1-3H3. The minimum atomic E-state index is -0.603. The zero-order valence-electron chi connectivity index (χ0n) is 10.4. The Bertz CT molecular complexity index is 381. The van der Waals surface area contributed by atoms with Crippen LogP contribution in [0.2, 0.25) is 0 Å². The first-order valence-electron chi connectivity index (χ1n) is 5.51. The number of hydrogen-bond acceptors (Lipinski definition) is 3. The van der Waals surface area contributed by atoms with Crippen LogP contribution in [0.15, 0.2) is 24.3 Å². The molecule has 0 spiro atoms. The summed E-state index contributed by atoms with van der Waals surface area (Å²) in [5.41, 5.74) is 6.38. The van der Waals surface area contributed by atoms with Crippen LogP contribution in [0.1, 0.15) is 26.3 Å². The SMILES string of the molecule is CC(C)(C)OC(=O)C(N)Cc1ccc(I)cc1. The quantitative estimate of drug-likeness (QED) is 0.675. The van der Waals surface area contributed by atoms with E-state index in [0.717, 1.165) is 9.13 Å². The highest BCUT2D eigenvalue weighted by Gasteiger charge is 2.22. The van der Waals surface area contributed by atoms with Crippen LogP contribution in [0, 0.1) is 3.57 Å². The molecule has 1 unspecified atom stereocenters. The highest BCUT2D eigenvalue weighted by Crippen LogP contribution is 2.11. The number of carbonyl (C=O) groups excluding carboxylic acids is 1. The van der Waals surface area contributed by atoms with Crippen LogP contribution < -0.4 is 5.73 Å². The smallest absolute Gasteiger partial charge is 0.323 e. The Balaban J connectivity index is 2.57. The molecule has 1 aromatic rings. The van der Waals surface area contributed by atoms with Crippen molar-refractivity contribution in [1.29, 1.82) is 0 Å². The molecule has 0 aromatic heterocycles. The minimum absolute atomic E-state index is 0.351. The fourth-order valence-electron chi connectivity index (χ4n) is 1.34. The van der Waals surface area contributed by atoms with E-state index in [1.54, 1.807) is 0 Å². The summed E-state index contributed by atoms with van der Waals surface area (Å²) < 4.78 is 6.39. The zero-order chi connectivity index (χ0) is 13.1.